The van der Waals surface area contributed by atoms with Gasteiger partial charge in [0, 0.05) is 32.9 Å². The molecule has 1 heterocycles. The van der Waals surface area contributed by atoms with Crippen molar-refractivity contribution in [3.63, 3.8) is 0 Å². The fourth-order valence-corrected chi connectivity index (χ4v) is 1.68. The van der Waals surface area contributed by atoms with Gasteiger partial charge in [-0.3, -0.25) is 9.59 Å². The lowest BCUT2D eigenvalue weighted by atomic mass is 10.3. The summed E-state index contributed by atoms with van der Waals surface area (Å²) in [5.41, 5.74) is 0.905. The van der Waals surface area contributed by atoms with E-state index in [1.807, 2.05) is 18.2 Å². The lowest BCUT2D eigenvalue weighted by molar-refractivity contribution is -0.130. The van der Waals surface area contributed by atoms with Gasteiger partial charge in [-0.05, 0) is 12.1 Å². The second kappa shape index (κ2) is 6.75. The molecule has 0 unspecified atom stereocenters. The fraction of sp³-hybridized carbons (Fsp3) is 0.267. The Morgan fingerprint density at radius 1 is 1.27 bits per heavy atom. The number of likely N-dealkylation sites (N-methyl/N-ethyl adjacent to an activating group) is 1. The Kier molecular flexibility index (Phi) is 4.77. The normalized spacial score (nSPS) is 10.1. The summed E-state index contributed by atoms with van der Waals surface area (Å²) in [7, 11) is 4.94. The molecule has 0 radical (unpaired) electrons. The number of rotatable bonds is 5. The summed E-state index contributed by atoms with van der Waals surface area (Å²) in [4.78, 5) is 25.0. The Balaban J connectivity index is 2.02. The summed E-state index contributed by atoms with van der Waals surface area (Å²) in [5.74, 6) is -0.152. The van der Waals surface area contributed by atoms with E-state index in [0.29, 0.717) is 11.6 Å². The number of benzene rings is 1. The van der Waals surface area contributed by atoms with E-state index in [2.05, 4.69) is 10.4 Å². The molecule has 0 atom stereocenters. The van der Waals surface area contributed by atoms with E-state index in [9.17, 15) is 9.59 Å². The quantitative estimate of drug-likeness (QED) is 0.898. The number of anilines is 1. The van der Waals surface area contributed by atoms with Crippen LogP contribution in [-0.2, 0) is 11.8 Å². The van der Waals surface area contributed by atoms with Crippen molar-refractivity contribution in [1.29, 1.82) is 0 Å². The van der Waals surface area contributed by atoms with Crippen LogP contribution < -0.4 is 10.1 Å². The van der Waals surface area contributed by atoms with E-state index in [1.54, 1.807) is 33.3 Å². The second-order valence-electron chi connectivity index (χ2n) is 4.89. The van der Waals surface area contributed by atoms with Gasteiger partial charge in [0.15, 0.2) is 12.3 Å². The van der Waals surface area contributed by atoms with Crippen molar-refractivity contribution in [2.45, 2.75) is 0 Å². The molecule has 1 aromatic heterocycles. The van der Waals surface area contributed by atoms with Gasteiger partial charge < -0.3 is 15.0 Å². The van der Waals surface area contributed by atoms with Crippen molar-refractivity contribution >= 4 is 17.5 Å². The topological polar surface area (TPSA) is 76.5 Å². The van der Waals surface area contributed by atoms with E-state index >= 15 is 0 Å². The van der Waals surface area contributed by atoms with Crippen LogP contribution in [0.15, 0.2) is 36.4 Å². The Morgan fingerprint density at radius 2 is 1.95 bits per heavy atom. The van der Waals surface area contributed by atoms with Crippen molar-refractivity contribution in [2.75, 3.05) is 26.0 Å². The Labute approximate surface area is 128 Å². The molecule has 7 heteroatoms. The monoisotopic (exact) mass is 302 g/mol. The molecule has 22 heavy (non-hydrogen) atoms. The number of nitrogens with zero attached hydrogens (tertiary/aromatic N) is 3. The standard InChI is InChI=1S/C15H18N4O3/c1-18(2)13(20)10-22-14-9-12(17-19(14)3)15(21)16-11-7-5-4-6-8-11/h4-9H,10H2,1-3H3,(H,16,21). The molecule has 116 valence electrons. The number of carbonyl (C=O) groups excluding carboxylic acids is 2. The molecule has 7 nitrogen and oxygen atoms in total. The maximum absolute atomic E-state index is 12.1. The van der Waals surface area contributed by atoms with E-state index in [-0.39, 0.29) is 24.1 Å². The summed E-state index contributed by atoms with van der Waals surface area (Å²) < 4.78 is 6.79. The predicted molar refractivity (Wildman–Crippen MR) is 81.8 cm³/mol. The van der Waals surface area contributed by atoms with Crippen molar-refractivity contribution in [2.24, 2.45) is 7.05 Å². The van der Waals surface area contributed by atoms with Crippen LogP contribution in [0.2, 0.25) is 0 Å². The minimum atomic E-state index is -0.337. The molecule has 0 aliphatic heterocycles. The lowest BCUT2D eigenvalue weighted by Crippen LogP contribution is -2.27. The van der Waals surface area contributed by atoms with Gasteiger partial charge in [0.1, 0.15) is 0 Å². The summed E-state index contributed by atoms with van der Waals surface area (Å²) in [6.07, 6.45) is 0. The summed E-state index contributed by atoms with van der Waals surface area (Å²) in [5, 5.41) is 6.82. The first kappa shape index (κ1) is 15.6. The molecule has 0 spiro atoms. The smallest absolute Gasteiger partial charge is 0.276 e. The van der Waals surface area contributed by atoms with Gasteiger partial charge in [-0.2, -0.15) is 5.10 Å². The zero-order chi connectivity index (χ0) is 16.1. The Morgan fingerprint density at radius 3 is 2.59 bits per heavy atom. The minimum Gasteiger partial charge on any atom is -0.468 e. The average Bonchev–Trinajstić information content (AvgIpc) is 2.87. The number of amides is 2. The molecule has 0 saturated heterocycles. The Hall–Kier alpha value is -2.83. The molecular formula is C15H18N4O3. The highest BCUT2D eigenvalue weighted by Gasteiger charge is 2.15. The van der Waals surface area contributed by atoms with E-state index in [1.165, 1.54) is 15.6 Å². The number of aromatic nitrogens is 2. The zero-order valence-electron chi connectivity index (χ0n) is 12.7. The van der Waals surface area contributed by atoms with Gasteiger partial charge in [0.2, 0.25) is 5.88 Å². The number of hydrogen-bond donors (Lipinski definition) is 1. The van der Waals surface area contributed by atoms with Crippen LogP contribution in [0.5, 0.6) is 5.88 Å². The van der Waals surface area contributed by atoms with Gasteiger partial charge in [0.25, 0.3) is 11.8 Å². The van der Waals surface area contributed by atoms with E-state index < -0.39 is 0 Å². The maximum atomic E-state index is 12.1. The third-order valence-corrected chi connectivity index (χ3v) is 2.94. The first-order valence-corrected chi connectivity index (χ1v) is 6.71. The minimum absolute atomic E-state index is 0.105. The van der Waals surface area contributed by atoms with Crippen LogP contribution in [0, 0.1) is 0 Å². The number of nitrogens with one attached hydrogen (secondary N) is 1. The SMILES string of the molecule is CN(C)C(=O)COc1cc(C(=O)Nc2ccccc2)nn1C. The molecule has 2 amide bonds. The molecule has 2 aromatic rings. The van der Waals surface area contributed by atoms with E-state index in [0.717, 1.165) is 0 Å². The van der Waals surface area contributed by atoms with Gasteiger partial charge in [-0.1, -0.05) is 18.2 Å². The van der Waals surface area contributed by atoms with Crippen LogP contribution in [-0.4, -0.2) is 47.2 Å². The van der Waals surface area contributed by atoms with Crippen LogP contribution in [0.4, 0.5) is 5.69 Å². The average molecular weight is 302 g/mol. The number of carbonyl (C=O) groups is 2. The van der Waals surface area contributed by atoms with Crippen molar-refractivity contribution in [3.8, 4) is 5.88 Å². The third-order valence-electron chi connectivity index (χ3n) is 2.94. The largest absolute Gasteiger partial charge is 0.468 e. The second-order valence-corrected chi connectivity index (χ2v) is 4.89. The highest BCUT2D eigenvalue weighted by molar-refractivity contribution is 6.03. The summed E-state index contributed by atoms with van der Waals surface area (Å²) in [6, 6.07) is 10.6. The highest BCUT2D eigenvalue weighted by atomic mass is 16.5. The highest BCUT2D eigenvalue weighted by Crippen LogP contribution is 2.14. The summed E-state index contributed by atoms with van der Waals surface area (Å²) >= 11 is 0. The third kappa shape index (κ3) is 3.85. The van der Waals surface area contributed by atoms with Crippen LogP contribution in [0.1, 0.15) is 10.5 Å². The zero-order valence-corrected chi connectivity index (χ0v) is 12.7. The van der Waals surface area contributed by atoms with Gasteiger partial charge in [0.05, 0.1) is 0 Å². The molecule has 0 aliphatic rings. The molecule has 0 aliphatic carbocycles. The van der Waals surface area contributed by atoms with Crippen LogP contribution in [0.25, 0.3) is 0 Å². The first-order valence-electron chi connectivity index (χ1n) is 6.71. The van der Waals surface area contributed by atoms with Crippen molar-refractivity contribution < 1.29 is 14.3 Å². The van der Waals surface area contributed by atoms with Crippen molar-refractivity contribution in [3.05, 3.63) is 42.1 Å². The number of hydrogen-bond acceptors (Lipinski definition) is 4. The molecule has 0 fully saturated rings. The molecule has 1 aromatic carbocycles. The number of aryl methyl sites for hydroxylation is 1. The van der Waals surface area contributed by atoms with Crippen LogP contribution in [0.3, 0.4) is 0 Å². The fourth-order valence-electron chi connectivity index (χ4n) is 1.68. The summed E-state index contributed by atoms with van der Waals surface area (Å²) in [6.45, 7) is -0.105. The molecular weight excluding hydrogens is 284 g/mol. The maximum Gasteiger partial charge on any atom is 0.276 e. The number of para-hydroxylation sites is 1. The van der Waals surface area contributed by atoms with Gasteiger partial charge in [-0.25, -0.2) is 4.68 Å². The van der Waals surface area contributed by atoms with Gasteiger partial charge in [-0.15, -0.1) is 0 Å². The molecule has 1 N–H and O–H groups in total. The Bertz CT molecular complexity index is 665. The lowest BCUT2D eigenvalue weighted by Gasteiger charge is -2.10. The van der Waals surface area contributed by atoms with Crippen molar-refractivity contribution in [1.82, 2.24) is 14.7 Å². The first-order chi connectivity index (χ1) is 10.5. The predicted octanol–water partition coefficient (Wildman–Crippen LogP) is 1.14. The molecule has 0 saturated carbocycles. The van der Waals surface area contributed by atoms with Gasteiger partial charge >= 0.3 is 0 Å². The van der Waals surface area contributed by atoms with E-state index in [4.69, 9.17) is 4.74 Å². The van der Waals surface area contributed by atoms with Crippen LogP contribution >= 0.6 is 0 Å². The molecule has 2 rings (SSSR count). The number of ether oxygens (including phenoxy) is 1. The molecule has 0 bridgehead atoms.